The van der Waals surface area contributed by atoms with Crippen molar-refractivity contribution in [2.75, 3.05) is 13.1 Å². The van der Waals surface area contributed by atoms with Crippen LogP contribution in [0.25, 0.3) is 16.8 Å². The zero-order valence-corrected chi connectivity index (χ0v) is 16.4. The smallest absolute Gasteiger partial charge is 0.293 e. The van der Waals surface area contributed by atoms with E-state index in [0.29, 0.717) is 10.5 Å². The van der Waals surface area contributed by atoms with E-state index in [2.05, 4.69) is 5.32 Å². The fourth-order valence-corrected chi connectivity index (χ4v) is 4.58. The molecule has 7 heteroatoms. The van der Waals surface area contributed by atoms with Crippen molar-refractivity contribution in [3.8, 4) is 0 Å². The van der Waals surface area contributed by atoms with Crippen LogP contribution in [0.5, 0.6) is 0 Å². The topological polar surface area (TPSA) is 66.5 Å². The number of nitrogens with zero attached hydrogens (tertiary/aromatic N) is 1. The number of thiophene rings is 1. The first-order chi connectivity index (χ1) is 13.6. The summed E-state index contributed by atoms with van der Waals surface area (Å²) in [5, 5.41) is 6.26. The number of fused-ring (bicyclic) bond motifs is 1. The van der Waals surface area contributed by atoms with Crippen LogP contribution in [0.2, 0.25) is 0 Å². The number of hydrogen-bond acceptors (Lipinski definition) is 5. The molecule has 2 heterocycles. The molecule has 3 amide bonds. The number of amides is 3. The maximum absolute atomic E-state index is 12.6. The molecule has 0 atom stereocenters. The summed E-state index contributed by atoms with van der Waals surface area (Å²) in [5.74, 6) is -0.541. The molecular weight excluding hydrogens is 392 g/mol. The molecular formula is C21H16N2O3S2. The second-order valence-electron chi connectivity index (χ2n) is 6.13. The number of nitrogens with one attached hydrogen (secondary N) is 1. The summed E-state index contributed by atoms with van der Waals surface area (Å²) >= 11 is 2.44. The minimum absolute atomic E-state index is 0.142. The third-order valence-corrected chi connectivity index (χ3v) is 6.07. The van der Waals surface area contributed by atoms with E-state index >= 15 is 0 Å². The lowest BCUT2D eigenvalue weighted by Crippen LogP contribution is -2.37. The quantitative estimate of drug-likeness (QED) is 0.637. The Bertz CT molecular complexity index is 1080. The van der Waals surface area contributed by atoms with E-state index in [-0.39, 0.29) is 30.1 Å². The molecule has 0 bridgehead atoms. The molecule has 1 fully saturated rings. The average molecular weight is 409 g/mol. The van der Waals surface area contributed by atoms with Crippen molar-refractivity contribution >= 4 is 57.0 Å². The monoisotopic (exact) mass is 408 g/mol. The van der Waals surface area contributed by atoms with E-state index in [4.69, 9.17) is 0 Å². The van der Waals surface area contributed by atoms with Crippen molar-refractivity contribution in [2.24, 2.45) is 0 Å². The zero-order chi connectivity index (χ0) is 19.5. The number of benzene rings is 2. The number of rotatable bonds is 5. The lowest BCUT2D eigenvalue weighted by molar-refractivity contribution is -0.122. The van der Waals surface area contributed by atoms with Gasteiger partial charge in [-0.05, 0) is 46.1 Å². The van der Waals surface area contributed by atoms with E-state index in [1.807, 2.05) is 53.9 Å². The number of carbonyl (C=O) groups is 3. The molecule has 0 radical (unpaired) electrons. The van der Waals surface area contributed by atoms with Gasteiger partial charge in [-0.25, -0.2) is 0 Å². The van der Waals surface area contributed by atoms with Crippen molar-refractivity contribution in [2.45, 2.75) is 0 Å². The van der Waals surface area contributed by atoms with Crippen LogP contribution in [0.1, 0.15) is 15.2 Å². The normalized spacial score (nSPS) is 15.6. The summed E-state index contributed by atoms with van der Waals surface area (Å²) in [7, 11) is 0. The third kappa shape index (κ3) is 3.72. The summed E-state index contributed by atoms with van der Waals surface area (Å²) in [4.78, 5) is 39.7. The second-order valence-corrected chi connectivity index (χ2v) is 8.10. The van der Waals surface area contributed by atoms with E-state index in [1.54, 1.807) is 12.1 Å². The standard InChI is InChI=1S/C21H16N2O3S2/c24-19(17-9-3-6-14-5-1-2-8-16(14)17)22-10-11-23-20(25)18(28-21(23)26)13-15-7-4-12-27-15/h1-9,12-13H,10-11H2,(H,22,24)/b18-13+. The fourth-order valence-electron chi connectivity index (χ4n) is 3.00. The third-order valence-electron chi connectivity index (χ3n) is 4.35. The number of imide groups is 1. The fraction of sp³-hybridized carbons (Fsp3) is 0.0952. The van der Waals surface area contributed by atoms with Crippen LogP contribution in [-0.2, 0) is 4.79 Å². The van der Waals surface area contributed by atoms with Gasteiger partial charge in [0.15, 0.2) is 0 Å². The van der Waals surface area contributed by atoms with Gasteiger partial charge in [0.25, 0.3) is 17.1 Å². The highest BCUT2D eigenvalue weighted by Gasteiger charge is 2.34. The maximum Gasteiger partial charge on any atom is 0.293 e. The summed E-state index contributed by atoms with van der Waals surface area (Å²) in [5.41, 5.74) is 0.574. The van der Waals surface area contributed by atoms with E-state index in [0.717, 1.165) is 27.4 Å². The van der Waals surface area contributed by atoms with Crippen LogP contribution < -0.4 is 5.32 Å². The Hall–Kier alpha value is -2.90. The maximum atomic E-state index is 12.6. The molecule has 1 saturated heterocycles. The highest BCUT2D eigenvalue weighted by atomic mass is 32.2. The first kappa shape index (κ1) is 18.5. The van der Waals surface area contributed by atoms with Gasteiger partial charge >= 0.3 is 0 Å². The zero-order valence-electron chi connectivity index (χ0n) is 14.8. The van der Waals surface area contributed by atoms with Gasteiger partial charge in [-0.2, -0.15) is 0 Å². The first-order valence-corrected chi connectivity index (χ1v) is 10.4. The summed E-state index contributed by atoms with van der Waals surface area (Å²) in [6.45, 7) is 0.343. The molecule has 0 spiro atoms. The van der Waals surface area contributed by atoms with E-state index in [9.17, 15) is 14.4 Å². The van der Waals surface area contributed by atoms with Crippen LogP contribution in [-0.4, -0.2) is 35.0 Å². The van der Waals surface area contributed by atoms with Gasteiger partial charge in [-0.15, -0.1) is 11.3 Å². The molecule has 0 saturated carbocycles. The molecule has 0 unspecified atom stereocenters. The second kappa shape index (κ2) is 8.00. The van der Waals surface area contributed by atoms with Gasteiger partial charge in [-0.3, -0.25) is 19.3 Å². The van der Waals surface area contributed by atoms with Gasteiger partial charge in [0.05, 0.1) is 4.91 Å². The van der Waals surface area contributed by atoms with Crippen LogP contribution in [0, 0.1) is 0 Å². The largest absolute Gasteiger partial charge is 0.350 e. The van der Waals surface area contributed by atoms with Crippen LogP contribution in [0.4, 0.5) is 4.79 Å². The van der Waals surface area contributed by atoms with Gasteiger partial charge in [0, 0.05) is 23.5 Å². The summed E-state index contributed by atoms with van der Waals surface area (Å²) < 4.78 is 0. The Morgan fingerprint density at radius 2 is 1.86 bits per heavy atom. The molecule has 1 aliphatic heterocycles. The molecule has 140 valence electrons. The van der Waals surface area contributed by atoms with Crippen LogP contribution in [0.15, 0.2) is 64.9 Å². The molecule has 0 aliphatic carbocycles. The van der Waals surface area contributed by atoms with E-state index < -0.39 is 0 Å². The van der Waals surface area contributed by atoms with Crippen molar-refractivity contribution in [3.05, 3.63) is 75.3 Å². The van der Waals surface area contributed by atoms with E-state index in [1.165, 1.54) is 16.2 Å². The Balaban J connectivity index is 1.40. The van der Waals surface area contributed by atoms with Crippen LogP contribution in [0.3, 0.4) is 0 Å². The molecule has 28 heavy (non-hydrogen) atoms. The lowest BCUT2D eigenvalue weighted by atomic mass is 10.0. The predicted molar refractivity (Wildman–Crippen MR) is 113 cm³/mol. The number of thioether (sulfide) groups is 1. The molecule has 1 aliphatic rings. The van der Waals surface area contributed by atoms with Crippen molar-refractivity contribution in [1.82, 2.24) is 10.2 Å². The number of hydrogen-bond donors (Lipinski definition) is 1. The highest BCUT2D eigenvalue weighted by molar-refractivity contribution is 8.18. The summed E-state index contributed by atoms with van der Waals surface area (Å²) in [6, 6.07) is 17.0. The molecule has 1 aromatic heterocycles. The minimum Gasteiger partial charge on any atom is -0.350 e. The Kier molecular flexibility index (Phi) is 5.27. The van der Waals surface area contributed by atoms with Gasteiger partial charge < -0.3 is 5.32 Å². The Labute approximate surface area is 170 Å². The van der Waals surface area contributed by atoms with Crippen molar-refractivity contribution < 1.29 is 14.4 Å². The van der Waals surface area contributed by atoms with Gasteiger partial charge in [0.2, 0.25) is 0 Å². The van der Waals surface area contributed by atoms with Crippen molar-refractivity contribution in [1.29, 1.82) is 0 Å². The Morgan fingerprint density at radius 1 is 1.04 bits per heavy atom. The number of carbonyl (C=O) groups excluding carboxylic acids is 3. The molecule has 3 aromatic rings. The summed E-state index contributed by atoms with van der Waals surface area (Å²) in [6.07, 6.45) is 1.73. The van der Waals surface area contributed by atoms with Gasteiger partial charge in [-0.1, -0.05) is 42.5 Å². The highest BCUT2D eigenvalue weighted by Crippen LogP contribution is 2.32. The van der Waals surface area contributed by atoms with Gasteiger partial charge in [0.1, 0.15) is 0 Å². The lowest BCUT2D eigenvalue weighted by Gasteiger charge is -2.13. The predicted octanol–water partition coefficient (Wildman–Crippen LogP) is 4.37. The Morgan fingerprint density at radius 3 is 2.68 bits per heavy atom. The molecule has 4 rings (SSSR count). The van der Waals surface area contributed by atoms with Crippen LogP contribution >= 0.6 is 23.1 Å². The average Bonchev–Trinajstić information content (AvgIpc) is 3.31. The molecule has 1 N–H and O–H groups in total. The minimum atomic E-state index is -0.317. The first-order valence-electron chi connectivity index (χ1n) is 8.68. The molecule has 2 aromatic carbocycles. The van der Waals surface area contributed by atoms with Crippen molar-refractivity contribution in [3.63, 3.8) is 0 Å². The SMILES string of the molecule is O=C(NCCN1C(=O)S/C(=C/c2cccs2)C1=O)c1cccc2ccccc12. The molecule has 5 nitrogen and oxygen atoms in total.